The van der Waals surface area contributed by atoms with E-state index < -0.39 is 11.7 Å². The summed E-state index contributed by atoms with van der Waals surface area (Å²) < 4.78 is 14.1. The normalized spacial score (nSPS) is 15.7. The number of aromatic nitrogens is 1. The van der Waals surface area contributed by atoms with Crippen LogP contribution in [0.4, 0.5) is 10.1 Å². The van der Waals surface area contributed by atoms with E-state index in [0.717, 1.165) is 34.5 Å². The molecule has 27 heavy (non-hydrogen) atoms. The van der Waals surface area contributed by atoms with Crippen molar-refractivity contribution in [1.82, 2.24) is 10.3 Å². The van der Waals surface area contributed by atoms with Gasteiger partial charge in [0.2, 0.25) is 0 Å². The number of halogens is 1. The van der Waals surface area contributed by atoms with Crippen molar-refractivity contribution in [3.63, 3.8) is 0 Å². The van der Waals surface area contributed by atoms with Crippen LogP contribution in [-0.4, -0.2) is 23.5 Å². The quantitative estimate of drug-likeness (QED) is 0.639. The SMILES string of the molecule is CCC#CC(=O)Nc1cc(-c2cnc(C)c(/C(C)=C\C3CN3)c2)ccc1F. The first-order valence-corrected chi connectivity index (χ1v) is 8.96. The van der Waals surface area contributed by atoms with Gasteiger partial charge in [-0.3, -0.25) is 9.78 Å². The van der Waals surface area contributed by atoms with Crippen molar-refractivity contribution >= 4 is 17.2 Å². The maximum absolute atomic E-state index is 14.1. The molecule has 1 amide bonds. The fraction of sp³-hybridized carbons (Fsp3) is 0.273. The maximum Gasteiger partial charge on any atom is 0.300 e. The Labute approximate surface area is 158 Å². The van der Waals surface area contributed by atoms with Crippen molar-refractivity contribution in [1.29, 1.82) is 0 Å². The van der Waals surface area contributed by atoms with E-state index in [-0.39, 0.29) is 5.69 Å². The number of pyridine rings is 1. The molecule has 3 rings (SSSR count). The summed E-state index contributed by atoms with van der Waals surface area (Å²) in [5.41, 5.74) is 4.91. The molecule has 2 aromatic rings. The van der Waals surface area contributed by atoms with Crippen LogP contribution in [0.3, 0.4) is 0 Å². The number of hydrogen-bond acceptors (Lipinski definition) is 3. The van der Waals surface area contributed by atoms with Crippen LogP contribution >= 0.6 is 0 Å². The minimum Gasteiger partial charge on any atom is -0.313 e. The van der Waals surface area contributed by atoms with Crippen LogP contribution in [0, 0.1) is 24.6 Å². The molecule has 5 heteroatoms. The molecular formula is C22H22FN3O. The Morgan fingerprint density at radius 3 is 2.89 bits per heavy atom. The first kappa shape index (κ1) is 18.8. The van der Waals surface area contributed by atoms with Crippen molar-refractivity contribution in [3.05, 3.63) is 53.6 Å². The number of anilines is 1. The molecule has 0 saturated carbocycles. The first-order chi connectivity index (χ1) is 13.0. The molecule has 1 unspecified atom stereocenters. The average molecular weight is 363 g/mol. The smallest absolute Gasteiger partial charge is 0.300 e. The zero-order valence-electron chi connectivity index (χ0n) is 15.7. The van der Waals surface area contributed by atoms with Gasteiger partial charge in [-0.2, -0.15) is 0 Å². The van der Waals surface area contributed by atoms with Crippen molar-refractivity contribution in [2.45, 2.75) is 33.2 Å². The first-order valence-electron chi connectivity index (χ1n) is 8.96. The molecule has 1 aliphatic rings. The highest BCUT2D eigenvalue weighted by Gasteiger charge is 2.18. The van der Waals surface area contributed by atoms with Gasteiger partial charge in [-0.05, 0) is 54.7 Å². The molecule has 138 valence electrons. The van der Waals surface area contributed by atoms with E-state index in [1.807, 2.05) is 19.9 Å². The van der Waals surface area contributed by atoms with Gasteiger partial charge >= 0.3 is 0 Å². The molecule has 4 nitrogen and oxygen atoms in total. The minimum atomic E-state index is -0.522. The molecular weight excluding hydrogens is 341 g/mol. The van der Waals surface area contributed by atoms with Gasteiger partial charge in [0.05, 0.1) is 5.69 Å². The summed E-state index contributed by atoms with van der Waals surface area (Å²) >= 11 is 0. The van der Waals surface area contributed by atoms with Gasteiger partial charge in [-0.25, -0.2) is 4.39 Å². The Morgan fingerprint density at radius 2 is 2.19 bits per heavy atom. The summed E-state index contributed by atoms with van der Waals surface area (Å²) in [7, 11) is 0. The summed E-state index contributed by atoms with van der Waals surface area (Å²) in [6, 6.07) is 7.12. The molecule has 0 bridgehead atoms. The fourth-order valence-corrected chi connectivity index (χ4v) is 2.79. The topological polar surface area (TPSA) is 63.9 Å². The number of aryl methyl sites for hydroxylation is 1. The van der Waals surface area contributed by atoms with Crippen molar-refractivity contribution < 1.29 is 9.18 Å². The molecule has 1 aromatic heterocycles. The van der Waals surface area contributed by atoms with Gasteiger partial charge in [0.25, 0.3) is 5.91 Å². The molecule has 0 radical (unpaired) electrons. The molecule has 1 fully saturated rings. The second kappa shape index (κ2) is 8.15. The Balaban J connectivity index is 1.92. The highest BCUT2D eigenvalue weighted by atomic mass is 19.1. The average Bonchev–Trinajstić information content (AvgIpc) is 3.46. The Kier molecular flexibility index (Phi) is 5.68. The third-order valence-electron chi connectivity index (χ3n) is 4.33. The number of hydrogen-bond donors (Lipinski definition) is 2. The van der Waals surface area contributed by atoms with Crippen molar-refractivity contribution in [2.24, 2.45) is 0 Å². The fourth-order valence-electron chi connectivity index (χ4n) is 2.79. The lowest BCUT2D eigenvalue weighted by Crippen LogP contribution is -2.10. The van der Waals surface area contributed by atoms with Crippen LogP contribution in [0.2, 0.25) is 0 Å². The summed E-state index contributed by atoms with van der Waals surface area (Å²) in [5.74, 6) is 4.08. The van der Waals surface area contributed by atoms with Crippen molar-refractivity contribution in [2.75, 3.05) is 11.9 Å². The van der Waals surface area contributed by atoms with E-state index in [9.17, 15) is 9.18 Å². The van der Waals surface area contributed by atoms with Crippen LogP contribution in [-0.2, 0) is 4.79 Å². The van der Waals surface area contributed by atoms with Gasteiger partial charge in [0.15, 0.2) is 0 Å². The molecule has 1 saturated heterocycles. The number of rotatable bonds is 4. The number of nitrogens with one attached hydrogen (secondary N) is 2. The van der Waals surface area contributed by atoms with Crippen LogP contribution in [0.15, 0.2) is 36.5 Å². The van der Waals surface area contributed by atoms with Gasteiger partial charge < -0.3 is 10.6 Å². The second-order valence-electron chi connectivity index (χ2n) is 6.53. The van der Waals surface area contributed by atoms with E-state index in [1.165, 1.54) is 6.07 Å². The van der Waals surface area contributed by atoms with E-state index in [4.69, 9.17) is 0 Å². The Morgan fingerprint density at radius 1 is 1.41 bits per heavy atom. The molecule has 1 atom stereocenters. The molecule has 2 heterocycles. The Bertz CT molecular complexity index is 965. The monoisotopic (exact) mass is 363 g/mol. The number of nitrogens with zero attached hydrogens (tertiary/aromatic N) is 1. The van der Waals surface area contributed by atoms with Crippen LogP contribution in [0.1, 0.15) is 31.5 Å². The second-order valence-corrected chi connectivity index (χ2v) is 6.53. The number of carbonyl (C=O) groups is 1. The lowest BCUT2D eigenvalue weighted by molar-refractivity contribution is -0.111. The van der Waals surface area contributed by atoms with Gasteiger partial charge in [0.1, 0.15) is 5.82 Å². The van der Waals surface area contributed by atoms with Gasteiger partial charge in [0, 0.05) is 36.5 Å². The van der Waals surface area contributed by atoms with Gasteiger partial charge in [-0.1, -0.05) is 25.0 Å². The number of carbonyl (C=O) groups excluding carboxylic acids is 1. The predicted molar refractivity (Wildman–Crippen MR) is 107 cm³/mol. The molecule has 0 spiro atoms. The van der Waals surface area contributed by atoms with E-state index in [1.54, 1.807) is 18.3 Å². The zero-order chi connectivity index (χ0) is 19.4. The molecule has 1 aromatic carbocycles. The third-order valence-corrected chi connectivity index (χ3v) is 4.33. The summed E-state index contributed by atoms with van der Waals surface area (Å²) in [6.45, 7) is 6.89. The van der Waals surface area contributed by atoms with E-state index >= 15 is 0 Å². The zero-order valence-corrected chi connectivity index (χ0v) is 15.7. The van der Waals surface area contributed by atoms with Gasteiger partial charge in [-0.15, -0.1) is 0 Å². The lowest BCUT2D eigenvalue weighted by Gasteiger charge is -2.11. The van der Waals surface area contributed by atoms with Crippen molar-refractivity contribution in [3.8, 4) is 23.0 Å². The Hall–Kier alpha value is -2.97. The standard InChI is InChI=1S/C22H22FN3O/c1-4-5-6-22(27)26-21-11-16(7-8-20(21)23)17-10-19(15(3)24-12-17)14(2)9-18-13-25-18/h7-12,18,25H,4,13H2,1-3H3,(H,26,27)/b14-9-. The largest absolute Gasteiger partial charge is 0.313 e. The summed E-state index contributed by atoms with van der Waals surface area (Å²) in [5, 5.41) is 5.77. The molecule has 2 N–H and O–H groups in total. The minimum absolute atomic E-state index is 0.111. The van der Waals surface area contributed by atoms with Crippen LogP contribution < -0.4 is 10.6 Å². The third kappa shape index (κ3) is 4.81. The number of allylic oxidation sites excluding steroid dienone is 1. The predicted octanol–water partition coefficient (Wildman–Crippen LogP) is 3.92. The molecule has 0 aliphatic carbocycles. The lowest BCUT2D eigenvalue weighted by atomic mass is 9.99. The summed E-state index contributed by atoms with van der Waals surface area (Å²) in [4.78, 5) is 16.3. The highest BCUT2D eigenvalue weighted by molar-refractivity contribution is 6.04. The number of benzene rings is 1. The van der Waals surface area contributed by atoms with E-state index in [0.29, 0.717) is 12.5 Å². The summed E-state index contributed by atoms with van der Waals surface area (Å²) in [6.07, 6.45) is 4.52. The van der Waals surface area contributed by atoms with Crippen LogP contribution in [0.5, 0.6) is 0 Å². The molecule has 1 aliphatic heterocycles. The maximum atomic E-state index is 14.1. The van der Waals surface area contributed by atoms with Crippen LogP contribution in [0.25, 0.3) is 16.7 Å². The number of amides is 1. The highest BCUT2D eigenvalue weighted by Crippen LogP contribution is 2.28. The van der Waals surface area contributed by atoms with E-state index in [2.05, 4.69) is 40.5 Å².